The van der Waals surface area contributed by atoms with Gasteiger partial charge in [-0.15, -0.1) is 0 Å². The fourth-order valence-electron chi connectivity index (χ4n) is 3.85. The van der Waals surface area contributed by atoms with Crippen molar-refractivity contribution < 1.29 is 19.7 Å². The number of aromatic hydroxyl groups is 2. The maximum atomic E-state index is 11.3. The summed E-state index contributed by atoms with van der Waals surface area (Å²) in [6, 6.07) is 7.59. The van der Waals surface area contributed by atoms with Crippen molar-refractivity contribution in [3.8, 4) is 23.1 Å². The number of hydrogen-bond donors (Lipinski definition) is 3. The number of phenols is 1. The molecule has 0 bridgehead atoms. The standard InChI is InChI=1S/C23H25NO5S/c1-12-13(2)20-17(14(3)19(12)25)10-23(4,29-20)11-28-16-7-5-15(6-8-16)9-18-21(26)24-22(27)30-18/h5-8,25-26H,9-11H2,1-4H3,(H,24,27). The number of ether oxygens (including phenoxy) is 2. The third-order valence-corrected chi connectivity index (χ3v) is 6.64. The highest BCUT2D eigenvalue weighted by atomic mass is 32.1. The van der Waals surface area contributed by atoms with Crippen molar-refractivity contribution in [2.75, 3.05) is 6.61 Å². The van der Waals surface area contributed by atoms with Crippen LogP contribution in [-0.4, -0.2) is 27.4 Å². The summed E-state index contributed by atoms with van der Waals surface area (Å²) >= 11 is 1.01. The average Bonchev–Trinajstić information content (AvgIpc) is 3.23. The summed E-state index contributed by atoms with van der Waals surface area (Å²) in [5, 5.41) is 20.1. The molecule has 0 radical (unpaired) electrons. The van der Waals surface area contributed by atoms with E-state index in [1.165, 1.54) is 0 Å². The molecule has 3 aromatic rings. The molecule has 6 nitrogen and oxygen atoms in total. The molecule has 0 saturated heterocycles. The molecule has 1 atom stereocenters. The van der Waals surface area contributed by atoms with Gasteiger partial charge in [0, 0.05) is 18.4 Å². The second-order valence-electron chi connectivity index (χ2n) is 8.16. The van der Waals surface area contributed by atoms with Crippen molar-refractivity contribution in [2.45, 2.75) is 46.1 Å². The van der Waals surface area contributed by atoms with Crippen LogP contribution in [0.4, 0.5) is 0 Å². The maximum Gasteiger partial charge on any atom is 0.307 e. The molecule has 1 aromatic heterocycles. The first-order valence-electron chi connectivity index (χ1n) is 9.80. The Hall–Kier alpha value is -2.93. The van der Waals surface area contributed by atoms with E-state index in [0.717, 1.165) is 50.7 Å². The maximum absolute atomic E-state index is 11.3. The van der Waals surface area contributed by atoms with Gasteiger partial charge >= 0.3 is 4.87 Å². The lowest BCUT2D eigenvalue weighted by atomic mass is 9.93. The smallest absolute Gasteiger partial charge is 0.307 e. The number of rotatable bonds is 5. The molecule has 0 fully saturated rings. The highest BCUT2D eigenvalue weighted by Gasteiger charge is 2.39. The highest BCUT2D eigenvalue weighted by molar-refractivity contribution is 7.09. The molecule has 7 heteroatoms. The third kappa shape index (κ3) is 3.65. The first kappa shape index (κ1) is 20.3. The van der Waals surface area contributed by atoms with Gasteiger partial charge in [0.05, 0.1) is 4.88 Å². The van der Waals surface area contributed by atoms with Gasteiger partial charge in [0.1, 0.15) is 29.5 Å². The number of fused-ring (bicyclic) bond motifs is 1. The van der Waals surface area contributed by atoms with Gasteiger partial charge in [-0.3, -0.25) is 9.78 Å². The van der Waals surface area contributed by atoms with Gasteiger partial charge in [0.15, 0.2) is 0 Å². The molecule has 0 spiro atoms. The monoisotopic (exact) mass is 427 g/mol. The fraction of sp³-hybridized carbons (Fsp3) is 0.348. The number of hydrogen-bond acceptors (Lipinski definition) is 6. The number of aromatic nitrogens is 1. The first-order chi connectivity index (χ1) is 14.2. The number of aromatic amines is 1. The van der Waals surface area contributed by atoms with Gasteiger partial charge in [-0.25, -0.2) is 0 Å². The van der Waals surface area contributed by atoms with Crippen LogP contribution in [-0.2, 0) is 12.8 Å². The van der Waals surface area contributed by atoms with Crippen molar-refractivity contribution in [1.29, 1.82) is 0 Å². The average molecular weight is 428 g/mol. The Morgan fingerprint density at radius 1 is 1.13 bits per heavy atom. The van der Waals surface area contributed by atoms with Crippen molar-refractivity contribution in [1.82, 2.24) is 4.98 Å². The lowest BCUT2D eigenvalue weighted by molar-refractivity contribution is 0.0553. The Balaban J connectivity index is 1.43. The van der Waals surface area contributed by atoms with E-state index in [2.05, 4.69) is 4.98 Å². The third-order valence-electron chi connectivity index (χ3n) is 5.77. The lowest BCUT2D eigenvalue weighted by Crippen LogP contribution is -2.37. The summed E-state index contributed by atoms with van der Waals surface area (Å²) in [7, 11) is 0. The summed E-state index contributed by atoms with van der Waals surface area (Å²) in [4.78, 5) is 14.0. The van der Waals surface area contributed by atoms with Crippen LogP contribution in [0.25, 0.3) is 0 Å². The molecule has 0 saturated carbocycles. The van der Waals surface area contributed by atoms with Crippen LogP contribution in [0.3, 0.4) is 0 Å². The largest absolute Gasteiger partial charge is 0.507 e. The second kappa shape index (κ2) is 7.40. The molecular weight excluding hydrogens is 402 g/mol. The summed E-state index contributed by atoms with van der Waals surface area (Å²) in [6.45, 7) is 8.19. The summed E-state index contributed by atoms with van der Waals surface area (Å²) in [5.74, 6) is 1.85. The lowest BCUT2D eigenvalue weighted by Gasteiger charge is -2.24. The number of benzene rings is 2. The molecule has 0 amide bonds. The van der Waals surface area contributed by atoms with E-state index < -0.39 is 5.60 Å². The van der Waals surface area contributed by atoms with Crippen LogP contribution in [0.2, 0.25) is 0 Å². The van der Waals surface area contributed by atoms with Crippen LogP contribution in [0.1, 0.15) is 39.6 Å². The van der Waals surface area contributed by atoms with E-state index in [9.17, 15) is 15.0 Å². The van der Waals surface area contributed by atoms with Crippen LogP contribution in [0, 0.1) is 20.8 Å². The van der Waals surface area contributed by atoms with Gasteiger partial charge in [-0.1, -0.05) is 23.5 Å². The predicted octanol–water partition coefficient (Wildman–Crippen LogP) is 4.14. The zero-order valence-corrected chi connectivity index (χ0v) is 18.3. The molecule has 2 heterocycles. The summed E-state index contributed by atoms with van der Waals surface area (Å²) < 4.78 is 12.3. The van der Waals surface area contributed by atoms with Crippen LogP contribution >= 0.6 is 11.3 Å². The minimum Gasteiger partial charge on any atom is -0.507 e. The van der Waals surface area contributed by atoms with Gasteiger partial charge in [-0.2, -0.15) is 0 Å². The van der Waals surface area contributed by atoms with Gasteiger partial charge in [0.25, 0.3) is 0 Å². The van der Waals surface area contributed by atoms with Crippen molar-refractivity contribution in [2.24, 2.45) is 0 Å². The zero-order chi connectivity index (χ0) is 21.6. The van der Waals surface area contributed by atoms with E-state index in [-0.39, 0.29) is 10.8 Å². The molecule has 1 unspecified atom stereocenters. The Kier molecular flexibility index (Phi) is 5.02. The van der Waals surface area contributed by atoms with Gasteiger partial charge < -0.3 is 19.7 Å². The molecule has 1 aliphatic rings. The second-order valence-corrected chi connectivity index (χ2v) is 9.22. The topological polar surface area (TPSA) is 91.8 Å². The van der Waals surface area contributed by atoms with Crippen molar-refractivity contribution in [3.63, 3.8) is 0 Å². The molecule has 0 aliphatic carbocycles. The summed E-state index contributed by atoms with van der Waals surface area (Å²) in [6.07, 6.45) is 1.15. The number of thiazole rings is 1. The molecule has 3 N–H and O–H groups in total. The van der Waals surface area contributed by atoms with Crippen molar-refractivity contribution in [3.05, 3.63) is 66.6 Å². The zero-order valence-electron chi connectivity index (χ0n) is 17.5. The first-order valence-corrected chi connectivity index (χ1v) is 10.6. The van der Waals surface area contributed by atoms with E-state index in [4.69, 9.17) is 9.47 Å². The fourth-order valence-corrected chi connectivity index (χ4v) is 4.61. The van der Waals surface area contributed by atoms with E-state index in [1.807, 2.05) is 52.0 Å². The number of nitrogens with one attached hydrogen (secondary N) is 1. The quantitative estimate of drug-likeness (QED) is 0.569. The molecule has 30 heavy (non-hydrogen) atoms. The minimum atomic E-state index is -0.514. The summed E-state index contributed by atoms with van der Waals surface area (Å²) in [5.41, 5.74) is 4.20. The van der Waals surface area contributed by atoms with Crippen LogP contribution in [0.15, 0.2) is 29.1 Å². The normalized spacial score (nSPS) is 17.6. The van der Waals surface area contributed by atoms with Crippen LogP contribution < -0.4 is 14.3 Å². The molecule has 4 rings (SSSR count). The SMILES string of the molecule is Cc1c(C)c2c(c(C)c1O)CC(C)(COc1ccc(Cc3sc(=O)[nH]c3O)cc1)O2. The molecule has 2 aromatic carbocycles. The Morgan fingerprint density at radius 2 is 1.83 bits per heavy atom. The van der Waals surface area contributed by atoms with Gasteiger partial charge in [0.2, 0.25) is 5.88 Å². The highest BCUT2D eigenvalue weighted by Crippen LogP contribution is 2.45. The number of H-pyrrole nitrogens is 1. The molecule has 158 valence electrons. The van der Waals surface area contributed by atoms with Crippen molar-refractivity contribution >= 4 is 11.3 Å². The Labute approximate surface area is 178 Å². The molecular formula is C23H25NO5S. The molecule has 1 aliphatic heterocycles. The van der Waals surface area contributed by atoms with E-state index in [1.54, 1.807) is 0 Å². The number of phenolic OH excluding ortho intramolecular Hbond substituents is 1. The Morgan fingerprint density at radius 3 is 2.47 bits per heavy atom. The minimum absolute atomic E-state index is 0.0666. The Bertz CT molecular complexity index is 1120. The van der Waals surface area contributed by atoms with Crippen LogP contribution in [0.5, 0.6) is 23.1 Å². The van der Waals surface area contributed by atoms with E-state index >= 15 is 0 Å². The van der Waals surface area contributed by atoms with E-state index in [0.29, 0.717) is 30.1 Å². The predicted molar refractivity (Wildman–Crippen MR) is 116 cm³/mol. The van der Waals surface area contributed by atoms with Gasteiger partial charge in [-0.05, 0) is 62.1 Å².